The lowest BCUT2D eigenvalue weighted by Crippen LogP contribution is -2.10. The van der Waals surface area contributed by atoms with Crippen molar-refractivity contribution in [2.45, 2.75) is 6.92 Å². The molecule has 0 saturated heterocycles. The number of carbonyl (C=O) groups is 1. The van der Waals surface area contributed by atoms with Gasteiger partial charge >= 0.3 is 0 Å². The molecule has 0 fully saturated rings. The number of hydrogen-bond donors (Lipinski definition) is 1. The van der Waals surface area contributed by atoms with Crippen molar-refractivity contribution in [3.05, 3.63) is 58.0 Å². The lowest BCUT2D eigenvalue weighted by molar-refractivity contribution is -0.384. The lowest BCUT2D eigenvalue weighted by atomic mass is 10.2. The molecule has 0 aliphatic carbocycles. The first-order valence-electron chi connectivity index (χ1n) is 5.17. The zero-order valence-electron chi connectivity index (χ0n) is 9.54. The Bertz CT molecular complexity index is 586. The fraction of sp³-hybridized carbons (Fsp3) is 0.0833. The number of hydrogen-bond acceptors (Lipinski definition) is 4. The summed E-state index contributed by atoms with van der Waals surface area (Å²) in [4.78, 5) is 21.7. The second-order valence-electron chi connectivity index (χ2n) is 3.70. The molecule has 0 radical (unpaired) electrons. The van der Waals surface area contributed by atoms with Crippen molar-refractivity contribution in [3.8, 4) is 0 Å². The standard InChI is InChI=1S/C12H10N2O4/c1-8-6-9(7-18-8)12(15)13-10-2-4-11(5-3-10)14(16)17/h2-7H,1H3,(H,13,15). The Morgan fingerprint density at radius 2 is 2.00 bits per heavy atom. The first kappa shape index (κ1) is 11.8. The van der Waals surface area contributed by atoms with Crippen LogP contribution in [0.1, 0.15) is 16.1 Å². The van der Waals surface area contributed by atoms with Gasteiger partial charge in [0.05, 0.1) is 10.5 Å². The summed E-state index contributed by atoms with van der Waals surface area (Å²) in [6, 6.07) is 7.22. The number of aryl methyl sites for hydroxylation is 1. The number of furan rings is 1. The van der Waals surface area contributed by atoms with Crippen LogP contribution < -0.4 is 5.32 Å². The van der Waals surface area contributed by atoms with Crippen LogP contribution in [0.3, 0.4) is 0 Å². The number of carbonyl (C=O) groups excluding carboxylic acids is 1. The Labute approximate surface area is 102 Å². The van der Waals surface area contributed by atoms with Gasteiger partial charge in [0.2, 0.25) is 0 Å². The zero-order valence-corrected chi connectivity index (χ0v) is 9.54. The van der Waals surface area contributed by atoms with Crippen molar-refractivity contribution in [2.75, 3.05) is 5.32 Å². The van der Waals surface area contributed by atoms with E-state index in [0.29, 0.717) is 17.0 Å². The van der Waals surface area contributed by atoms with Crippen LogP contribution in [-0.2, 0) is 0 Å². The van der Waals surface area contributed by atoms with E-state index in [0.717, 1.165) is 0 Å². The van der Waals surface area contributed by atoms with Gasteiger partial charge in [0.1, 0.15) is 12.0 Å². The highest BCUT2D eigenvalue weighted by molar-refractivity contribution is 6.04. The smallest absolute Gasteiger partial charge is 0.269 e. The van der Waals surface area contributed by atoms with Crippen LogP contribution in [0.4, 0.5) is 11.4 Å². The molecule has 0 atom stereocenters. The van der Waals surface area contributed by atoms with E-state index in [2.05, 4.69) is 5.32 Å². The molecule has 1 N–H and O–H groups in total. The summed E-state index contributed by atoms with van der Waals surface area (Å²) in [6.07, 6.45) is 1.36. The Hall–Kier alpha value is -2.63. The van der Waals surface area contributed by atoms with Crippen LogP contribution in [0.25, 0.3) is 0 Å². The highest BCUT2D eigenvalue weighted by Gasteiger charge is 2.10. The van der Waals surface area contributed by atoms with Crippen molar-refractivity contribution in [1.29, 1.82) is 0 Å². The number of benzene rings is 1. The molecule has 1 aromatic heterocycles. The third kappa shape index (κ3) is 2.54. The second kappa shape index (κ2) is 4.70. The van der Waals surface area contributed by atoms with Crippen LogP contribution in [0.15, 0.2) is 41.0 Å². The first-order chi connectivity index (χ1) is 8.56. The number of amides is 1. The van der Waals surface area contributed by atoms with Crippen molar-refractivity contribution in [3.63, 3.8) is 0 Å². The first-order valence-corrected chi connectivity index (χ1v) is 5.17. The van der Waals surface area contributed by atoms with Gasteiger partial charge in [0.25, 0.3) is 11.6 Å². The number of nitro groups is 1. The summed E-state index contributed by atoms with van der Waals surface area (Å²) in [6.45, 7) is 1.74. The number of nitro benzene ring substituents is 1. The van der Waals surface area contributed by atoms with Gasteiger partial charge in [-0.15, -0.1) is 0 Å². The average molecular weight is 246 g/mol. The molecule has 2 aromatic rings. The number of rotatable bonds is 3. The molecule has 0 bridgehead atoms. The summed E-state index contributed by atoms with van der Waals surface area (Å²) >= 11 is 0. The molecule has 0 aliphatic rings. The number of non-ortho nitro benzene ring substituents is 1. The van der Waals surface area contributed by atoms with Gasteiger partial charge in [-0.2, -0.15) is 0 Å². The summed E-state index contributed by atoms with van der Waals surface area (Å²) in [5.74, 6) is 0.324. The predicted molar refractivity (Wildman–Crippen MR) is 64.5 cm³/mol. The van der Waals surface area contributed by atoms with Gasteiger partial charge in [-0.3, -0.25) is 14.9 Å². The normalized spacial score (nSPS) is 10.1. The molecular weight excluding hydrogens is 236 g/mol. The Kier molecular flexibility index (Phi) is 3.09. The molecule has 1 aromatic carbocycles. The van der Waals surface area contributed by atoms with Gasteiger partial charge in [-0.1, -0.05) is 0 Å². The zero-order chi connectivity index (χ0) is 13.1. The molecule has 0 saturated carbocycles. The third-order valence-electron chi connectivity index (χ3n) is 2.33. The molecule has 0 aliphatic heterocycles. The third-order valence-corrected chi connectivity index (χ3v) is 2.33. The molecule has 92 valence electrons. The van der Waals surface area contributed by atoms with Crippen LogP contribution >= 0.6 is 0 Å². The molecule has 0 spiro atoms. The molecule has 1 heterocycles. The highest BCUT2D eigenvalue weighted by Crippen LogP contribution is 2.16. The number of nitrogens with zero attached hydrogens (tertiary/aromatic N) is 1. The van der Waals surface area contributed by atoms with Crippen molar-refractivity contribution in [1.82, 2.24) is 0 Å². The van der Waals surface area contributed by atoms with Crippen LogP contribution in [0.2, 0.25) is 0 Å². The van der Waals surface area contributed by atoms with Gasteiger partial charge < -0.3 is 9.73 Å². The number of anilines is 1. The van der Waals surface area contributed by atoms with E-state index >= 15 is 0 Å². The Balaban J connectivity index is 2.10. The van der Waals surface area contributed by atoms with Gasteiger partial charge in [0, 0.05) is 17.8 Å². The van der Waals surface area contributed by atoms with E-state index in [1.54, 1.807) is 13.0 Å². The second-order valence-corrected chi connectivity index (χ2v) is 3.70. The average Bonchev–Trinajstić information content (AvgIpc) is 2.76. The molecule has 6 heteroatoms. The maximum Gasteiger partial charge on any atom is 0.269 e. The van der Waals surface area contributed by atoms with E-state index in [-0.39, 0.29) is 11.6 Å². The van der Waals surface area contributed by atoms with Crippen molar-refractivity contribution >= 4 is 17.3 Å². The van der Waals surface area contributed by atoms with Crippen molar-refractivity contribution < 1.29 is 14.1 Å². The summed E-state index contributed by atoms with van der Waals surface area (Å²) < 4.78 is 5.02. The minimum Gasteiger partial charge on any atom is -0.469 e. The number of nitrogens with one attached hydrogen (secondary N) is 1. The monoisotopic (exact) mass is 246 g/mol. The maximum atomic E-state index is 11.7. The Morgan fingerprint density at radius 3 is 2.50 bits per heavy atom. The summed E-state index contributed by atoms with van der Waals surface area (Å²) in [5, 5.41) is 13.1. The minimum absolute atomic E-state index is 0.0212. The predicted octanol–water partition coefficient (Wildman–Crippen LogP) is 2.75. The topological polar surface area (TPSA) is 85.4 Å². The van der Waals surface area contributed by atoms with E-state index < -0.39 is 4.92 Å². The quantitative estimate of drug-likeness (QED) is 0.666. The van der Waals surface area contributed by atoms with E-state index in [1.165, 1.54) is 30.5 Å². The lowest BCUT2D eigenvalue weighted by Gasteiger charge is -2.02. The molecule has 2 rings (SSSR count). The highest BCUT2D eigenvalue weighted by atomic mass is 16.6. The SMILES string of the molecule is Cc1cc(C(=O)Nc2ccc([N+](=O)[O-])cc2)co1. The maximum absolute atomic E-state index is 11.7. The minimum atomic E-state index is -0.495. The molecule has 1 amide bonds. The summed E-state index contributed by atoms with van der Waals surface area (Å²) in [7, 11) is 0. The summed E-state index contributed by atoms with van der Waals surface area (Å²) in [5.41, 5.74) is 0.877. The van der Waals surface area contributed by atoms with E-state index in [1.807, 2.05) is 0 Å². The molecule has 0 unspecified atom stereocenters. The van der Waals surface area contributed by atoms with Crippen molar-refractivity contribution in [2.24, 2.45) is 0 Å². The van der Waals surface area contributed by atoms with Gasteiger partial charge in [-0.25, -0.2) is 0 Å². The van der Waals surface area contributed by atoms with Crippen LogP contribution in [0.5, 0.6) is 0 Å². The van der Waals surface area contributed by atoms with Gasteiger partial charge in [0.15, 0.2) is 0 Å². The Morgan fingerprint density at radius 1 is 1.33 bits per heavy atom. The van der Waals surface area contributed by atoms with Crippen LogP contribution in [-0.4, -0.2) is 10.8 Å². The molecule has 6 nitrogen and oxygen atoms in total. The molecule has 18 heavy (non-hydrogen) atoms. The van der Waals surface area contributed by atoms with Crippen LogP contribution in [0, 0.1) is 17.0 Å². The van der Waals surface area contributed by atoms with E-state index in [9.17, 15) is 14.9 Å². The van der Waals surface area contributed by atoms with Gasteiger partial charge in [-0.05, 0) is 25.1 Å². The molecular formula is C12H10N2O4. The largest absolute Gasteiger partial charge is 0.469 e. The fourth-order valence-electron chi connectivity index (χ4n) is 1.43. The van der Waals surface area contributed by atoms with E-state index in [4.69, 9.17) is 4.42 Å². The fourth-order valence-corrected chi connectivity index (χ4v) is 1.43.